The fourth-order valence-corrected chi connectivity index (χ4v) is 2.42. The number of aryl methyl sites for hydroxylation is 1. The van der Waals surface area contributed by atoms with Crippen molar-refractivity contribution in [1.29, 1.82) is 0 Å². The predicted molar refractivity (Wildman–Crippen MR) is 79.4 cm³/mol. The largest absolute Gasteiger partial charge is 0.469 e. The van der Waals surface area contributed by atoms with Gasteiger partial charge in [-0.2, -0.15) is 0 Å². The molecule has 1 N–H and O–H groups in total. The molecule has 1 unspecified atom stereocenters. The summed E-state index contributed by atoms with van der Waals surface area (Å²) in [6.45, 7) is 2.91. The van der Waals surface area contributed by atoms with Crippen molar-refractivity contribution in [3.05, 3.63) is 54.2 Å². The molecule has 0 radical (unpaired) electrons. The molecule has 0 amide bonds. The molecular formula is C16H19N3O. The van der Waals surface area contributed by atoms with Gasteiger partial charge in [0, 0.05) is 19.5 Å². The van der Waals surface area contributed by atoms with Crippen LogP contribution in [0.15, 0.2) is 47.1 Å². The third kappa shape index (κ3) is 2.60. The number of benzene rings is 1. The summed E-state index contributed by atoms with van der Waals surface area (Å²) in [5.41, 5.74) is 2.22. The summed E-state index contributed by atoms with van der Waals surface area (Å²) in [5.74, 6) is 2.06. The zero-order valence-corrected chi connectivity index (χ0v) is 11.8. The Hall–Kier alpha value is -2.07. The van der Waals surface area contributed by atoms with Gasteiger partial charge >= 0.3 is 0 Å². The van der Waals surface area contributed by atoms with Crippen molar-refractivity contribution < 1.29 is 4.42 Å². The van der Waals surface area contributed by atoms with Crippen LogP contribution in [0.25, 0.3) is 11.0 Å². The van der Waals surface area contributed by atoms with Gasteiger partial charge in [0.25, 0.3) is 0 Å². The standard InChI is InChI=1S/C16H19N3O/c1-12(10-13-6-5-9-20-13)17-11-16-18-14-7-3-4-8-15(14)19(16)2/h3-9,12,17H,10-11H2,1-2H3. The molecule has 3 aromatic rings. The monoisotopic (exact) mass is 269 g/mol. The minimum absolute atomic E-state index is 0.348. The van der Waals surface area contributed by atoms with Crippen LogP contribution in [-0.2, 0) is 20.0 Å². The summed E-state index contributed by atoms with van der Waals surface area (Å²) in [6, 6.07) is 12.5. The minimum Gasteiger partial charge on any atom is -0.469 e. The second-order valence-corrected chi connectivity index (χ2v) is 5.14. The van der Waals surface area contributed by atoms with Crippen molar-refractivity contribution >= 4 is 11.0 Å². The molecule has 20 heavy (non-hydrogen) atoms. The molecule has 0 spiro atoms. The lowest BCUT2D eigenvalue weighted by atomic mass is 10.2. The smallest absolute Gasteiger partial charge is 0.123 e. The van der Waals surface area contributed by atoms with Gasteiger partial charge in [-0.15, -0.1) is 0 Å². The fraction of sp³-hybridized carbons (Fsp3) is 0.312. The van der Waals surface area contributed by atoms with Gasteiger partial charge in [0.1, 0.15) is 11.6 Å². The Morgan fingerprint density at radius 3 is 2.85 bits per heavy atom. The highest BCUT2D eigenvalue weighted by molar-refractivity contribution is 5.75. The predicted octanol–water partition coefficient (Wildman–Crippen LogP) is 2.89. The van der Waals surface area contributed by atoms with Gasteiger partial charge < -0.3 is 14.3 Å². The molecule has 0 saturated carbocycles. The van der Waals surface area contributed by atoms with Crippen molar-refractivity contribution in [1.82, 2.24) is 14.9 Å². The van der Waals surface area contributed by atoms with Crippen LogP contribution in [0.5, 0.6) is 0 Å². The van der Waals surface area contributed by atoms with Crippen LogP contribution in [0.2, 0.25) is 0 Å². The van der Waals surface area contributed by atoms with E-state index in [0.717, 1.165) is 30.1 Å². The van der Waals surface area contributed by atoms with Crippen molar-refractivity contribution in [3.63, 3.8) is 0 Å². The number of hydrogen-bond acceptors (Lipinski definition) is 3. The van der Waals surface area contributed by atoms with E-state index in [0.29, 0.717) is 6.04 Å². The molecular weight excluding hydrogens is 250 g/mol. The van der Waals surface area contributed by atoms with Crippen molar-refractivity contribution in [2.45, 2.75) is 25.9 Å². The molecule has 0 fully saturated rings. The van der Waals surface area contributed by atoms with E-state index in [4.69, 9.17) is 4.42 Å². The Kier molecular flexibility index (Phi) is 3.56. The number of nitrogens with zero attached hydrogens (tertiary/aromatic N) is 2. The first-order valence-electron chi connectivity index (χ1n) is 6.90. The second kappa shape index (κ2) is 5.51. The summed E-state index contributed by atoms with van der Waals surface area (Å²) in [6.07, 6.45) is 2.60. The van der Waals surface area contributed by atoms with E-state index in [1.54, 1.807) is 6.26 Å². The summed E-state index contributed by atoms with van der Waals surface area (Å²) < 4.78 is 7.51. The lowest BCUT2D eigenvalue weighted by Gasteiger charge is -2.12. The molecule has 2 heterocycles. The first-order valence-corrected chi connectivity index (χ1v) is 6.90. The number of furan rings is 1. The molecule has 0 aliphatic rings. The summed E-state index contributed by atoms with van der Waals surface area (Å²) in [5, 5.41) is 3.50. The lowest BCUT2D eigenvalue weighted by molar-refractivity contribution is 0.451. The summed E-state index contributed by atoms with van der Waals surface area (Å²) in [7, 11) is 2.06. The van der Waals surface area contributed by atoms with E-state index in [1.165, 1.54) is 5.52 Å². The number of imidazole rings is 1. The van der Waals surface area contributed by atoms with Gasteiger partial charge in [0.2, 0.25) is 0 Å². The summed E-state index contributed by atoms with van der Waals surface area (Å²) >= 11 is 0. The van der Waals surface area contributed by atoms with Crippen LogP contribution in [0.4, 0.5) is 0 Å². The van der Waals surface area contributed by atoms with Crippen LogP contribution in [-0.4, -0.2) is 15.6 Å². The van der Waals surface area contributed by atoms with Crippen LogP contribution in [0, 0.1) is 0 Å². The van der Waals surface area contributed by atoms with Gasteiger partial charge in [-0.1, -0.05) is 12.1 Å². The highest BCUT2D eigenvalue weighted by Crippen LogP contribution is 2.14. The zero-order valence-electron chi connectivity index (χ0n) is 11.8. The molecule has 0 aliphatic carbocycles. The number of para-hydroxylation sites is 2. The van der Waals surface area contributed by atoms with Crippen molar-refractivity contribution in [2.24, 2.45) is 7.05 Å². The Morgan fingerprint density at radius 1 is 1.25 bits per heavy atom. The van der Waals surface area contributed by atoms with Crippen LogP contribution >= 0.6 is 0 Å². The first kappa shape index (κ1) is 12.9. The SMILES string of the molecule is CC(Cc1ccco1)NCc1nc2ccccc2n1C. The summed E-state index contributed by atoms with van der Waals surface area (Å²) in [4.78, 5) is 4.66. The maximum Gasteiger partial charge on any atom is 0.123 e. The molecule has 1 aromatic carbocycles. The molecule has 4 nitrogen and oxygen atoms in total. The normalized spacial score (nSPS) is 12.9. The third-order valence-corrected chi connectivity index (χ3v) is 3.58. The third-order valence-electron chi connectivity index (χ3n) is 3.58. The first-order chi connectivity index (χ1) is 9.74. The van der Waals surface area contributed by atoms with Crippen LogP contribution < -0.4 is 5.32 Å². The molecule has 0 aliphatic heterocycles. The van der Waals surface area contributed by atoms with E-state index < -0.39 is 0 Å². The van der Waals surface area contributed by atoms with E-state index in [-0.39, 0.29) is 0 Å². The maximum absolute atomic E-state index is 5.37. The molecule has 1 atom stereocenters. The van der Waals surface area contributed by atoms with E-state index in [1.807, 2.05) is 30.3 Å². The average molecular weight is 269 g/mol. The number of fused-ring (bicyclic) bond motifs is 1. The highest BCUT2D eigenvalue weighted by Gasteiger charge is 2.09. The molecule has 4 heteroatoms. The second-order valence-electron chi connectivity index (χ2n) is 5.14. The van der Waals surface area contributed by atoms with E-state index in [2.05, 4.69) is 34.9 Å². The van der Waals surface area contributed by atoms with Crippen molar-refractivity contribution in [3.8, 4) is 0 Å². The maximum atomic E-state index is 5.37. The minimum atomic E-state index is 0.348. The Labute approximate surface area is 118 Å². The van der Waals surface area contributed by atoms with Gasteiger partial charge in [-0.25, -0.2) is 4.98 Å². The Balaban J connectivity index is 1.66. The molecule has 104 valence electrons. The quantitative estimate of drug-likeness (QED) is 0.774. The van der Waals surface area contributed by atoms with Gasteiger partial charge in [-0.3, -0.25) is 0 Å². The fourth-order valence-electron chi connectivity index (χ4n) is 2.42. The van der Waals surface area contributed by atoms with Gasteiger partial charge in [-0.05, 0) is 31.2 Å². The van der Waals surface area contributed by atoms with E-state index >= 15 is 0 Å². The zero-order chi connectivity index (χ0) is 13.9. The topological polar surface area (TPSA) is 43.0 Å². The lowest BCUT2D eigenvalue weighted by Crippen LogP contribution is -2.28. The molecule has 2 aromatic heterocycles. The van der Waals surface area contributed by atoms with Crippen molar-refractivity contribution in [2.75, 3.05) is 0 Å². The number of rotatable bonds is 5. The highest BCUT2D eigenvalue weighted by atomic mass is 16.3. The number of hydrogen-bond donors (Lipinski definition) is 1. The average Bonchev–Trinajstić information content (AvgIpc) is 3.06. The number of nitrogens with one attached hydrogen (secondary N) is 1. The van der Waals surface area contributed by atoms with Crippen LogP contribution in [0.1, 0.15) is 18.5 Å². The van der Waals surface area contributed by atoms with Gasteiger partial charge in [0.15, 0.2) is 0 Å². The van der Waals surface area contributed by atoms with E-state index in [9.17, 15) is 0 Å². The van der Waals surface area contributed by atoms with Crippen LogP contribution in [0.3, 0.4) is 0 Å². The Bertz CT molecular complexity index is 685. The number of aromatic nitrogens is 2. The van der Waals surface area contributed by atoms with Gasteiger partial charge in [0.05, 0.1) is 23.8 Å². The molecule has 3 rings (SSSR count). The molecule has 0 saturated heterocycles. The molecule has 0 bridgehead atoms. The Morgan fingerprint density at radius 2 is 2.10 bits per heavy atom.